The van der Waals surface area contributed by atoms with Crippen LogP contribution in [0.2, 0.25) is 0 Å². The summed E-state index contributed by atoms with van der Waals surface area (Å²) in [4.78, 5) is 6.68. The maximum atomic E-state index is 14.4. The lowest BCUT2D eigenvalue weighted by Crippen LogP contribution is -2.44. The zero-order valence-corrected chi connectivity index (χ0v) is 19.4. The highest BCUT2D eigenvalue weighted by atomic mass is 19.1. The number of methoxy groups -OCH3 is 1. The second-order valence-electron chi connectivity index (χ2n) is 8.08. The number of hydrogen-bond acceptors (Lipinski definition) is 6. The number of aromatic nitrogens is 1. The summed E-state index contributed by atoms with van der Waals surface area (Å²) in [6, 6.07) is 6.28. The summed E-state index contributed by atoms with van der Waals surface area (Å²) < 4.78 is 45.3. The van der Waals surface area contributed by atoms with Crippen molar-refractivity contribution in [2.45, 2.75) is 25.6 Å². The molecular formula is C26H29F2N3O3. The average Bonchev–Trinajstić information content (AvgIpc) is 2.82. The Kier molecular flexibility index (Phi) is 7.59. The van der Waals surface area contributed by atoms with Crippen LogP contribution in [0.1, 0.15) is 19.0 Å². The van der Waals surface area contributed by atoms with Crippen molar-refractivity contribution in [2.75, 3.05) is 33.4 Å². The van der Waals surface area contributed by atoms with Crippen molar-refractivity contribution in [3.05, 3.63) is 78.2 Å². The fourth-order valence-corrected chi connectivity index (χ4v) is 4.00. The average molecular weight is 470 g/mol. The number of hydrogen-bond donors (Lipinski definition) is 1. The molecule has 180 valence electrons. The largest absolute Gasteiger partial charge is 0.491 e. The molecular weight excluding hydrogens is 440 g/mol. The van der Waals surface area contributed by atoms with Crippen LogP contribution in [0.25, 0.3) is 16.6 Å². The van der Waals surface area contributed by atoms with Crippen LogP contribution in [0, 0.1) is 5.82 Å². The zero-order valence-electron chi connectivity index (χ0n) is 19.4. The Morgan fingerprint density at radius 3 is 2.91 bits per heavy atom. The first-order valence-corrected chi connectivity index (χ1v) is 11.3. The van der Waals surface area contributed by atoms with Crippen molar-refractivity contribution in [2.24, 2.45) is 0 Å². The summed E-state index contributed by atoms with van der Waals surface area (Å²) >= 11 is 0. The Morgan fingerprint density at radius 2 is 2.18 bits per heavy atom. The predicted molar refractivity (Wildman–Crippen MR) is 128 cm³/mol. The summed E-state index contributed by atoms with van der Waals surface area (Å²) in [5.74, 6) is 0.476. The molecule has 1 fully saturated rings. The molecule has 8 heteroatoms. The third-order valence-electron chi connectivity index (χ3n) is 5.71. The Balaban J connectivity index is 1.62. The number of alkyl halides is 1. The van der Waals surface area contributed by atoms with Crippen molar-refractivity contribution in [1.82, 2.24) is 15.2 Å². The summed E-state index contributed by atoms with van der Waals surface area (Å²) in [7, 11) is 1.62. The Labute approximate surface area is 198 Å². The number of rotatable bonds is 8. The number of pyridine rings is 1. The van der Waals surface area contributed by atoms with Gasteiger partial charge in [-0.15, -0.1) is 0 Å². The van der Waals surface area contributed by atoms with E-state index in [0.717, 1.165) is 5.70 Å². The van der Waals surface area contributed by atoms with Crippen molar-refractivity contribution in [1.29, 1.82) is 0 Å². The third-order valence-corrected chi connectivity index (χ3v) is 5.71. The van der Waals surface area contributed by atoms with Gasteiger partial charge in [-0.2, -0.15) is 0 Å². The zero-order chi connectivity index (χ0) is 24.1. The maximum absolute atomic E-state index is 14.4. The van der Waals surface area contributed by atoms with Gasteiger partial charge in [-0.05, 0) is 38.1 Å². The highest BCUT2D eigenvalue weighted by molar-refractivity contribution is 5.86. The standard InChI is InChI=1S/C26H29F2N3O3/c1-4-23(31-10-8-20(13-17(31)2)33-12-11-32-3)22-6-5-18-14-19(27)15-25(26(18)30-22)34-24-7-9-29-16-21(24)28/h4-6,8,10,13-15,21,24,29H,2,7,9,11-12,16H2,1,3H3/b23-4-/t21-,24+/m1/s1. The van der Waals surface area contributed by atoms with Gasteiger partial charge in [0.1, 0.15) is 41.7 Å². The molecule has 2 aromatic rings. The molecule has 6 nitrogen and oxygen atoms in total. The highest BCUT2D eigenvalue weighted by Crippen LogP contribution is 2.32. The molecule has 2 aliphatic heterocycles. The summed E-state index contributed by atoms with van der Waals surface area (Å²) in [6.07, 6.45) is 6.14. The minimum absolute atomic E-state index is 0.216. The number of ether oxygens (including phenoxy) is 3. The van der Waals surface area contributed by atoms with Crippen LogP contribution in [-0.2, 0) is 9.47 Å². The normalized spacial score (nSPS) is 21.1. The molecule has 34 heavy (non-hydrogen) atoms. The van der Waals surface area contributed by atoms with Gasteiger partial charge in [0.05, 0.1) is 18.0 Å². The molecule has 0 unspecified atom stereocenters. The summed E-state index contributed by atoms with van der Waals surface area (Å²) in [5.41, 5.74) is 2.62. The van der Waals surface area contributed by atoms with Crippen LogP contribution in [0.4, 0.5) is 8.78 Å². The fraction of sp³-hybridized carbons (Fsp3) is 0.346. The molecule has 0 spiro atoms. The Bertz CT molecular complexity index is 1150. The molecule has 1 N–H and O–H groups in total. The number of halogens is 2. The van der Waals surface area contributed by atoms with Crippen molar-refractivity contribution in [3.8, 4) is 5.75 Å². The van der Waals surface area contributed by atoms with E-state index in [1.54, 1.807) is 13.2 Å². The smallest absolute Gasteiger partial charge is 0.149 e. The molecule has 0 aliphatic carbocycles. The van der Waals surface area contributed by atoms with E-state index in [1.807, 2.05) is 42.3 Å². The monoisotopic (exact) mass is 469 g/mol. The van der Waals surface area contributed by atoms with Gasteiger partial charge in [0.25, 0.3) is 0 Å². The highest BCUT2D eigenvalue weighted by Gasteiger charge is 2.27. The van der Waals surface area contributed by atoms with Gasteiger partial charge < -0.3 is 24.4 Å². The van der Waals surface area contributed by atoms with Crippen LogP contribution < -0.4 is 10.1 Å². The first kappa shape index (κ1) is 23.9. The molecule has 4 rings (SSSR count). The van der Waals surface area contributed by atoms with Crippen molar-refractivity contribution < 1.29 is 23.0 Å². The molecule has 0 saturated carbocycles. The van der Waals surface area contributed by atoms with E-state index in [4.69, 9.17) is 19.2 Å². The van der Waals surface area contributed by atoms with E-state index < -0.39 is 18.1 Å². The van der Waals surface area contributed by atoms with E-state index in [2.05, 4.69) is 11.9 Å². The number of benzene rings is 1. The number of piperidine rings is 1. The Morgan fingerprint density at radius 1 is 1.32 bits per heavy atom. The second-order valence-corrected chi connectivity index (χ2v) is 8.08. The molecule has 2 atom stereocenters. The first-order valence-electron chi connectivity index (χ1n) is 11.3. The number of nitrogens with zero attached hydrogens (tertiary/aromatic N) is 2. The van der Waals surface area contributed by atoms with E-state index in [1.165, 1.54) is 12.1 Å². The minimum atomic E-state index is -1.17. The minimum Gasteiger partial charge on any atom is -0.491 e. The molecule has 1 saturated heterocycles. The molecule has 0 radical (unpaired) electrons. The van der Waals surface area contributed by atoms with Gasteiger partial charge in [-0.3, -0.25) is 0 Å². The number of fused-ring (bicyclic) bond motifs is 1. The van der Waals surface area contributed by atoms with E-state index in [0.29, 0.717) is 54.2 Å². The van der Waals surface area contributed by atoms with E-state index >= 15 is 0 Å². The third kappa shape index (κ3) is 5.29. The second kappa shape index (κ2) is 10.8. The van der Waals surface area contributed by atoms with Crippen LogP contribution in [0.3, 0.4) is 0 Å². The SMILES string of the molecule is C=C1C=C(OCCOC)C=CN1/C(=C\C)c1ccc2cc(F)cc(O[C@H]3CCNC[C@H]3F)c2n1. The van der Waals surface area contributed by atoms with Gasteiger partial charge >= 0.3 is 0 Å². The fourth-order valence-electron chi connectivity index (χ4n) is 4.00. The van der Waals surface area contributed by atoms with Crippen LogP contribution in [0.5, 0.6) is 5.75 Å². The van der Waals surface area contributed by atoms with Crippen molar-refractivity contribution >= 4 is 16.6 Å². The van der Waals surface area contributed by atoms with Gasteiger partial charge in [0.2, 0.25) is 0 Å². The predicted octanol–water partition coefficient (Wildman–Crippen LogP) is 4.70. The molecule has 1 aromatic heterocycles. The van der Waals surface area contributed by atoms with Gasteiger partial charge in [-0.25, -0.2) is 13.8 Å². The van der Waals surface area contributed by atoms with Crippen LogP contribution >= 0.6 is 0 Å². The Hall–Kier alpha value is -3.23. The first-order chi connectivity index (χ1) is 16.5. The van der Waals surface area contributed by atoms with Gasteiger partial charge in [0.15, 0.2) is 0 Å². The summed E-state index contributed by atoms with van der Waals surface area (Å²) in [6.45, 7) is 7.85. The molecule has 2 aliphatic rings. The van der Waals surface area contributed by atoms with E-state index in [9.17, 15) is 8.78 Å². The molecule has 0 amide bonds. The van der Waals surface area contributed by atoms with Gasteiger partial charge in [0, 0.05) is 43.1 Å². The van der Waals surface area contributed by atoms with Gasteiger partial charge in [-0.1, -0.05) is 18.7 Å². The lowest BCUT2D eigenvalue weighted by molar-refractivity contribution is 0.0740. The molecule has 3 heterocycles. The van der Waals surface area contributed by atoms with Crippen LogP contribution in [0.15, 0.2) is 66.7 Å². The lowest BCUT2D eigenvalue weighted by Gasteiger charge is -2.28. The maximum Gasteiger partial charge on any atom is 0.149 e. The topological polar surface area (TPSA) is 55.9 Å². The van der Waals surface area contributed by atoms with Crippen molar-refractivity contribution in [3.63, 3.8) is 0 Å². The number of allylic oxidation sites excluding steroid dienone is 3. The summed E-state index contributed by atoms with van der Waals surface area (Å²) in [5, 5.41) is 3.58. The van der Waals surface area contributed by atoms with Crippen LogP contribution in [-0.4, -0.2) is 55.6 Å². The number of nitrogens with one attached hydrogen (secondary N) is 1. The molecule has 1 aromatic carbocycles. The lowest BCUT2D eigenvalue weighted by atomic mass is 10.1. The van der Waals surface area contributed by atoms with E-state index in [-0.39, 0.29) is 12.3 Å². The quantitative estimate of drug-likeness (QED) is 0.566. The molecule has 0 bridgehead atoms.